The number of imide groups is 1. The number of carbonyl (C=O) groups excluding carboxylic acids is 3. The number of ether oxygens (including phenoxy) is 1. The van der Waals surface area contributed by atoms with Crippen LogP contribution in [-0.2, 0) is 16.1 Å². The molecule has 0 bridgehead atoms. The van der Waals surface area contributed by atoms with Gasteiger partial charge in [0.25, 0.3) is 5.91 Å². The average Bonchev–Trinajstić information content (AvgIpc) is 3.38. The van der Waals surface area contributed by atoms with Gasteiger partial charge in [0.1, 0.15) is 23.7 Å². The van der Waals surface area contributed by atoms with Crippen LogP contribution >= 0.6 is 11.6 Å². The van der Waals surface area contributed by atoms with Crippen molar-refractivity contribution in [1.82, 2.24) is 15.1 Å². The first kappa shape index (κ1) is 23.4. The highest BCUT2D eigenvalue weighted by Crippen LogP contribution is 2.39. The Morgan fingerprint density at radius 1 is 1.03 bits per heavy atom. The van der Waals surface area contributed by atoms with Gasteiger partial charge in [0, 0.05) is 48.6 Å². The number of benzene rings is 2. The summed E-state index contributed by atoms with van der Waals surface area (Å²) < 4.78 is 19.8. The minimum absolute atomic E-state index is 0.0519. The Balaban J connectivity index is 1.10. The first-order valence-corrected chi connectivity index (χ1v) is 12.9. The van der Waals surface area contributed by atoms with Crippen molar-refractivity contribution in [2.45, 2.75) is 62.8 Å². The molecule has 0 spiro atoms. The van der Waals surface area contributed by atoms with Crippen LogP contribution in [0.5, 0.6) is 5.75 Å². The summed E-state index contributed by atoms with van der Waals surface area (Å²) in [5, 5.41) is 2.82. The Morgan fingerprint density at radius 3 is 2.64 bits per heavy atom. The van der Waals surface area contributed by atoms with Gasteiger partial charge in [-0.05, 0) is 67.1 Å². The highest BCUT2D eigenvalue weighted by Gasteiger charge is 2.42. The molecule has 2 aromatic rings. The molecule has 7 nitrogen and oxygen atoms in total. The van der Waals surface area contributed by atoms with Crippen molar-refractivity contribution in [3.05, 3.63) is 63.9 Å². The number of carbonyl (C=O) groups is 3. The summed E-state index contributed by atoms with van der Waals surface area (Å²) in [6.45, 7) is 2.07. The third-order valence-corrected chi connectivity index (χ3v) is 8.31. The van der Waals surface area contributed by atoms with E-state index in [1.807, 2.05) is 12.1 Å². The Labute approximate surface area is 213 Å². The molecule has 3 heterocycles. The number of amides is 3. The van der Waals surface area contributed by atoms with Gasteiger partial charge in [-0.25, -0.2) is 4.39 Å². The van der Waals surface area contributed by atoms with Crippen LogP contribution in [0.25, 0.3) is 0 Å². The second-order valence-corrected chi connectivity index (χ2v) is 10.6. The lowest BCUT2D eigenvalue weighted by atomic mass is 9.89. The van der Waals surface area contributed by atoms with Gasteiger partial charge in [-0.1, -0.05) is 17.7 Å². The lowest BCUT2D eigenvalue weighted by molar-refractivity contribution is -0.136. The SMILES string of the molecule is O=C1CCC(N2Cc3cc(O[C@H]4CCC[C@H]4N4CC(c5ccc(F)cc5Cl)C4)ccc3C2=O)C(=O)N1. The number of hydrogen-bond acceptors (Lipinski definition) is 5. The topological polar surface area (TPSA) is 79.0 Å². The fourth-order valence-corrected chi connectivity index (χ4v) is 6.39. The van der Waals surface area contributed by atoms with Crippen LogP contribution in [-0.4, -0.2) is 58.8 Å². The van der Waals surface area contributed by atoms with Crippen LogP contribution in [0.3, 0.4) is 0 Å². The number of rotatable bonds is 5. The molecular formula is C27H27ClFN3O4. The van der Waals surface area contributed by atoms with Crippen molar-refractivity contribution < 1.29 is 23.5 Å². The van der Waals surface area contributed by atoms with Crippen LogP contribution < -0.4 is 10.1 Å². The molecular weight excluding hydrogens is 485 g/mol. The van der Waals surface area contributed by atoms with Crippen LogP contribution in [0.2, 0.25) is 5.02 Å². The second kappa shape index (κ2) is 9.16. The number of likely N-dealkylation sites (tertiary alicyclic amines) is 1. The average molecular weight is 512 g/mol. The number of nitrogens with one attached hydrogen (secondary N) is 1. The predicted molar refractivity (Wildman–Crippen MR) is 130 cm³/mol. The molecule has 3 atom stereocenters. The van der Waals surface area contributed by atoms with Gasteiger partial charge in [-0.2, -0.15) is 0 Å². The van der Waals surface area contributed by atoms with Gasteiger partial charge in [-0.15, -0.1) is 0 Å². The fraction of sp³-hybridized carbons (Fsp3) is 0.444. The van der Waals surface area contributed by atoms with E-state index in [1.54, 1.807) is 17.0 Å². The van der Waals surface area contributed by atoms with Gasteiger partial charge in [-0.3, -0.25) is 24.6 Å². The first-order valence-electron chi connectivity index (χ1n) is 12.5. The zero-order valence-electron chi connectivity index (χ0n) is 19.7. The molecule has 9 heteroatoms. The normalized spacial score (nSPS) is 26.7. The minimum Gasteiger partial charge on any atom is -0.489 e. The van der Waals surface area contributed by atoms with Gasteiger partial charge in [0.2, 0.25) is 11.8 Å². The summed E-state index contributed by atoms with van der Waals surface area (Å²) in [5.41, 5.74) is 2.41. The Morgan fingerprint density at radius 2 is 1.86 bits per heavy atom. The summed E-state index contributed by atoms with van der Waals surface area (Å²) in [7, 11) is 0. The molecule has 1 N–H and O–H groups in total. The van der Waals surface area contributed by atoms with Crippen molar-refractivity contribution in [2.24, 2.45) is 0 Å². The Kier molecular flexibility index (Phi) is 5.96. The van der Waals surface area contributed by atoms with Crippen molar-refractivity contribution >= 4 is 29.3 Å². The molecule has 3 amide bonds. The molecule has 3 fully saturated rings. The zero-order chi connectivity index (χ0) is 25.0. The van der Waals surface area contributed by atoms with Gasteiger partial charge in [0.05, 0.1) is 0 Å². The summed E-state index contributed by atoms with van der Waals surface area (Å²) in [6.07, 6.45) is 3.73. The summed E-state index contributed by atoms with van der Waals surface area (Å²) in [6, 6.07) is 9.82. The van der Waals surface area contributed by atoms with E-state index in [2.05, 4.69) is 10.2 Å². The Hall–Kier alpha value is -2.97. The molecule has 0 radical (unpaired) electrons. The van der Waals surface area contributed by atoms with Gasteiger partial charge >= 0.3 is 0 Å². The highest BCUT2D eigenvalue weighted by molar-refractivity contribution is 6.31. The second-order valence-electron chi connectivity index (χ2n) is 10.2. The predicted octanol–water partition coefficient (Wildman–Crippen LogP) is 3.64. The molecule has 3 aliphatic heterocycles. The number of hydrogen-bond donors (Lipinski definition) is 1. The lowest BCUT2D eigenvalue weighted by Gasteiger charge is -2.45. The maximum absolute atomic E-state index is 13.4. The van der Waals surface area contributed by atoms with E-state index in [-0.39, 0.29) is 30.2 Å². The zero-order valence-corrected chi connectivity index (χ0v) is 20.5. The molecule has 1 unspecified atom stereocenters. The van der Waals surface area contributed by atoms with Crippen molar-refractivity contribution in [1.29, 1.82) is 0 Å². The van der Waals surface area contributed by atoms with Crippen LogP contribution in [0.15, 0.2) is 36.4 Å². The third-order valence-electron chi connectivity index (χ3n) is 7.98. The molecule has 1 aliphatic carbocycles. The smallest absolute Gasteiger partial charge is 0.255 e. The molecule has 2 aromatic carbocycles. The molecule has 36 heavy (non-hydrogen) atoms. The maximum Gasteiger partial charge on any atom is 0.255 e. The molecule has 6 rings (SSSR count). The lowest BCUT2D eigenvalue weighted by Crippen LogP contribution is -2.54. The van der Waals surface area contributed by atoms with Crippen LogP contribution in [0.4, 0.5) is 4.39 Å². The standard InChI is InChI=1S/C27H27ClFN3O4/c28-21-11-17(29)4-6-19(21)16-12-31(13-16)22-2-1-3-24(22)36-18-5-7-20-15(10-18)14-32(27(20)35)23-8-9-25(33)30-26(23)34/h4-7,10-11,16,22-24H,1-3,8-9,12-14H2,(H,30,33,34)/t22-,23?,24+/m1/s1. The molecule has 4 aliphatic rings. The summed E-state index contributed by atoms with van der Waals surface area (Å²) >= 11 is 6.26. The Bertz CT molecular complexity index is 1250. The number of fused-ring (bicyclic) bond motifs is 1. The molecule has 188 valence electrons. The minimum atomic E-state index is -0.625. The quantitative estimate of drug-likeness (QED) is 0.620. The monoisotopic (exact) mass is 511 g/mol. The van der Waals surface area contributed by atoms with Crippen molar-refractivity contribution in [2.75, 3.05) is 13.1 Å². The molecule has 0 aromatic heterocycles. The van der Waals surface area contributed by atoms with E-state index < -0.39 is 11.9 Å². The maximum atomic E-state index is 13.4. The third kappa shape index (κ3) is 4.16. The highest BCUT2D eigenvalue weighted by atomic mass is 35.5. The first-order chi connectivity index (χ1) is 17.4. The molecule has 2 saturated heterocycles. The van der Waals surface area contributed by atoms with Gasteiger partial charge < -0.3 is 9.64 Å². The number of halogens is 2. The van der Waals surface area contributed by atoms with E-state index >= 15 is 0 Å². The fourth-order valence-electron chi connectivity index (χ4n) is 6.07. The number of nitrogens with zero attached hydrogens (tertiary/aromatic N) is 2. The van der Waals surface area contributed by atoms with Crippen LogP contribution in [0.1, 0.15) is 59.5 Å². The van der Waals surface area contributed by atoms with E-state index in [9.17, 15) is 18.8 Å². The van der Waals surface area contributed by atoms with E-state index in [0.29, 0.717) is 35.5 Å². The summed E-state index contributed by atoms with van der Waals surface area (Å²) in [5.74, 6) is -0.189. The van der Waals surface area contributed by atoms with E-state index in [4.69, 9.17) is 16.3 Å². The van der Waals surface area contributed by atoms with Crippen LogP contribution in [0, 0.1) is 5.82 Å². The van der Waals surface area contributed by atoms with Gasteiger partial charge in [0.15, 0.2) is 0 Å². The van der Waals surface area contributed by atoms with Crippen molar-refractivity contribution in [3.63, 3.8) is 0 Å². The van der Waals surface area contributed by atoms with Crippen molar-refractivity contribution in [3.8, 4) is 5.75 Å². The number of piperidine rings is 1. The van der Waals surface area contributed by atoms with E-state index in [1.165, 1.54) is 12.1 Å². The summed E-state index contributed by atoms with van der Waals surface area (Å²) in [4.78, 5) is 40.7. The van der Waals surface area contributed by atoms with E-state index in [0.717, 1.165) is 49.2 Å². The largest absolute Gasteiger partial charge is 0.489 e. The molecule has 1 saturated carbocycles.